The highest BCUT2D eigenvalue weighted by molar-refractivity contribution is 9.10. The van der Waals surface area contributed by atoms with Crippen LogP contribution in [0.1, 0.15) is 37.5 Å². The van der Waals surface area contributed by atoms with E-state index >= 15 is 0 Å². The molecular formula is C18H22BrNO. The highest BCUT2D eigenvalue weighted by Crippen LogP contribution is 2.34. The van der Waals surface area contributed by atoms with E-state index in [-0.39, 0.29) is 5.41 Å². The first-order valence-electron chi connectivity index (χ1n) is 7.09. The third-order valence-corrected chi connectivity index (χ3v) is 4.11. The Morgan fingerprint density at radius 1 is 1.05 bits per heavy atom. The van der Waals surface area contributed by atoms with Gasteiger partial charge in [0.2, 0.25) is 0 Å². The van der Waals surface area contributed by atoms with Crippen molar-refractivity contribution in [2.45, 2.75) is 39.7 Å². The fourth-order valence-electron chi connectivity index (χ4n) is 2.10. The predicted molar refractivity (Wildman–Crippen MR) is 92.0 cm³/mol. The monoisotopic (exact) mass is 347 g/mol. The van der Waals surface area contributed by atoms with Crippen molar-refractivity contribution >= 4 is 15.9 Å². The molecule has 0 atom stereocenters. The Morgan fingerprint density at radius 2 is 1.71 bits per heavy atom. The number of rotatable bonds is 3. The minimum Gasteiger partial charge on any atom is -0.456 e. The largest absolute Gasteiger partial charge is 0.456 e. The van der Waals surface area contributed by atoms with Crippen LogP contribution in [0.3, 0.4) is 0 Å². The molecule has 21 heavy (non-hydrogen) atoms. The van der Waals surface area contributed by atoms with E-state index in [1.54, 1.807) is 0 Å². The van der Waals surface area contributed by atoms with Crippen LogP contribution in [0, 0.1) is 6.92 Å². The molecule has 0 aliphatic carbocycles. The van der Waals surface area contributed by atoms with E-state index in [9.17, 15) is 0 Å². The van der Waals surface area contributed by atoms with Gasteiger partial charge in [-0.3, -0.25) is 0 Å². The number of nitrogens with two attached hydrogens (primary N) is 1. The molecule has 0 radical (unpaired) electrons. The summed E-state index contributed by atoms with van der Waals surface area (Å²) in [6.07, 6.45) is 0. The van der Waals surface area contributed by atoms with Crippen molar-refractivity contribution in [2.24, 2.45) is 5.73 Å². The first-order chi connectivity index (χ1) is 9.81. The molecule has 2 nitrogen and oxygen atoms in total. The maximum atomic E-state index is 6.02. The Hall–Kier alpha value is -1.32. The van der Waals surface area contributed by atoms with Gasteiger partial charge in [0.1, 0.15) is 11.5 Å². The van der Waals surface area contributed by atoms with E-state index in [4.69, 9.17) is 10.5 Å². The summed E-state index contributed by atoms with van der Waals surface area (Å²) in [6, 6.07) is 12.3. The van der Waals surface area contributed by atoms with Gasteiger partial charge in [-0.2, -0.15) is 0 Å². The van der Waals surface area contributed by atoms with Crippen molar-refractivity contribution in [3.63, 3.8) is 0 Å². The minimum absolute atomic E-state index is 0.145. The van der Waals surface area contributed by atoms with Crippen molar-refractivity contribution in [3.8, 4) is 11.5 Å². The van der Waals surface area contributed by atoms with Gasteiger partial charge in [0.15, 0.2) is 0 Å². The van der Waals surface area contributed by atoms with E-state index in [1.165, 1.54) is 5.56 Å². The number of halogens is 1. The molecule has 0 aliphatic rings. The molecule has 0 aromatic heterocycles. The molecular weight excluding hydrogens is 326 g/mol. The topological polar surface area (TPSA) is 35.2 Å². The molecule has 0 aliphatic heterocycles. The van der Waals surface area contributed by atoms with Crippen LogP contribution in [0.5, 0.6) is 11.5 Å². The van der Waals surface area contributed by atoms with Crippen molar-refractivity contribution in [1.29, 1.82) is 0 Å². The van der Waals surface area contributed by atoms with Gasteiger partial charge in [-0.1, -0.05) is 39.0 Å². The first-order valence-corrected chi connectivity index (χ1v) is 7.88. The number of benzene rings is 2. The SMILES string of the molecule is Cc1cc(C(C)(C)C)ccc1Oc1ccc(CN)cc1Br. The van der Waals surface area contributed by atoms with E-state index in [0.717, 1.165) is 27.1 Å². The molecule has 0 saturated heterocycles. The van der Waals surface area contributed by atoms with Gasteiger partial charge in [0, 0.05) is 6.54 Å². The predicted octanol–water partition coefficient (Wildman–Crippen LogP) is 5.31. The standard InChI is InChI=1S/C18H22BrNO/c1-12-9-14(18(2,3)4)6-8-16(12)21-17-7-5-13(11-20)10-15(17)19/h5-10H,11,20H2,1-4H3. The molecule has 2 aromatic rings. The fourth-order valence-corrected chi connectivity index (χ4v) is 2.61. The Bertz CT molecular complexity index is 644. The molecule has 0 saturated carbocycles. The van der Waals surface area contributed by atoms with Gasteiger partial charge in [-0.25, -0.2) is 0 Å². The lowest BCUT2D eigenvalue weighted by atomic mass is 9.86. The summed E-state index contributed by atoms with van der Waals surface area (Å²) in [5, 5.41) is 0. The summed E-state index contributed by atoms with van der Waals surface area (Å²) in [4.78, 5) is 0. The zero-order valence-corrected chi connectivity index (χ0v) is 14.6. The number of hydrogen-bond acceptors (Lipinski definition) is 2. The van der Waals surface area contributed by atoms with Gasteiger partial charge >= 0.3 is 0 Å². The molecule has 0 amide bonds. The second-order valence-corrected chi connectivity index (χ2v) is 7.16. The van der Waals surface area contributed by atoms with Crippen LogP contribution in [0.2, 0.25) is 0 Å². The van der Waals surface area contributed by atoms with Crippen LogP contribution in [-0.2, 0) is 12.0 Å². The van der Waals surface area contributed by atoms with Crippen molar-refractivity contribution in [1.82, 2.24) is 0 Å². The summed E-state index contributed by atoms with van der Waals surface area (Å²) in [5.41, 5.74) is 9.31. The average Bonchev–Trinajstić information content (AvgIpc) is 2.41. The molecule has 112 valence electrons. The van der Waals surface area contributed by atoms with Gasteiger partial charge in [0.05, 0.1) is 4.47 Å². The number of hydrogen-bond donors (Lipinski definition) is 1. The summed E-state index contributed by atoms with van der Waals surface area (Å²) < 4.78 is 6.94. The first kappa shape index (κ1) is 16.1. The summed E-state index contributed by atoms with van der Waals surface area (Å²) >= 11 is 3.54. The zero-order valence-electron chi connectivity index (χ0n) is 13.0. The Balaban J connectivity index is 2.28. The Labute approximate surface area is 135 Å². The molecule has 2 aromatic carbocycles. The van der Waals surface area contributed by atoms with E-state index in [2.05, 4.69) is 55.8 Å². The lowest BCUT2D eigenvalue weighted by Gasteiger charge is -2.20. The molecule has 0 spiro atoms. The van der Waals surface area contributed by atoms with E-state index < -0.39 is 0 Å². The molecule has 3 heteroatoms. The van der Waals surface area contributed by atoms with Crippen molar-refractivity contribution in [2.75, 3.05) is 0 Å². The zero-order chi connectivity index (χ0) is 15.6. The normalized spacial score (nSPS) is 11.5. The van der Waals surface area contributed by atoms with Crippen molar-refractivity contribution < 1.29 is 4.74 Å². The Morgan fingerprint density at radius 3 is 2.24 bits per heavy atom. The molecule has 0 bridgehead atoms. The van der Waals surface area contributed by atoms with Crippen LogP contribution in [-0.4, -0.2) is 0 Å². The lowest BCUT2D eigenvalue weighted by Crippen LogP contribution is -2.11. The smallest absolute Gasteiger partial charge is 0.141 e. The summed E-state index contributed by atoms with van der Waals surface area (Å²) in [5.74, 6) is 1.68. The molecule has 2 rings (SSSR count). The van der Waals surface area contributed by atoms with Gasteiger partial charge in [-0.05, 0) is 63.2 Å². The van der Waals surface area contributed by atoms with Crippen LogP contribution in [0.25, 0.3) is 0 Å². The van der Waals surface area contributed by atoms with Crippen LogP contribution in [0.15, 0.2) is 40.9 Å². The van der Waals surface area contributed by atoms with Gasteiger partial charge in [-0.15, -0.1) is 0 Å². The lowest BCUT2D eigenvalue weighted by molar-refractivity contribution is 0.474. The number of ether oxygens (including phenoxy) is 1. The fraction of sp³-hybridized carbons (Fsp3) is 0.333. The molecule has 0 fully saturated rings. The molecule has 0 unspecified atom stereocenters. The summed E-state index contributed by atoms with van der Waals surface area (Å²) in [6.45, 7) is 9.24. The molecule has 2 N–H and O–H groups in total. The van der Waals surface area contributed by atoms with Gasteiger partial charge < -0.3 is 10.5 Å². The molecule has 0 heterocycles. The Kier molecular flexibility index (Phi) is 4.74. The average molecular weight is 348 g/mol. The highest BCUT2D eigenvalue weighted by atomic mass is 79.9. The number of aryl methyl sites for hydroxylation is 1. The van der Waals surface area contributed by atoms with Crippen LogP contribution < -0.4 is 10.5 Å². The quantitative estimate of drug-likeness (QED) is 0.816. The van der Waals surface area contributed by atoms with E-state index in [1.807, 2.05) is 24.3 Å². The van der Waals surface area contributed by atoms with Crippen LogP contribution >= 0.6 is 15.9 Å². The van der Waals surface area contributed by atoms with Gasteiger partial charge in [0.25, 0.3) is 0 Å². The maximum absolute atomic E-state index is 6.02. The third-order valence-electron chi connectivity index (χ3n) is 3.49. The second-order valence-electron chi connectivity index (χ2n) is 6.30. The minimum atomic E-state index is 0.145. The highest BCUT2D eigenvalue weighted by Gasteiger charge is 2.15. The van der Waals surface area contributed by atoms with Crippen LogP contribution in [0.4, 0.5) is 0 Å². The van der Waals surface area contributed by atoms with Crippen molar-refractivity contribution in [3.05, 3.63) is 57.6 Å². The second kappa shape index (κ2) is 6.20. The summed E-state index contributed by atoms with van der Waals surface area (Å²) in [7, 11) is 0. The third kappa shape index (κ3) is 3.86. The maximum Gasteiger partial charge on any atom is 0.141 e. The van der Waals surface area contributed by atoms with E-state index in [0.29, 0.717) is 6.54 Å².